The molecule has 0 bridgehead atoms. The van der Waals surface area contributed by atoms with Gasteiger partial charge in [-0.05, 0) is 74.0 Å². The minimum absolute atomic E-state index is 0.0552. The van der Waals surface area contributed by atoms with Crippen LogP contribution in [-0.4, -0.2) is 35.6 Å². The molecule has 2 rings (SSSR count). The number of anilines is 1. The molecule has 0 saturated carbocycles. The van der Waals surface area contributed by atoms with Gasteiger partial charge in [0.05, 0.1) is 5.92 Å². The van der Waals surface area contributed by atoms with Gasteiger partial charge >= 0.3 is 6.09 Å². The molecule has 0 atom stereocenters. The lowest BCUT2D eigenvalue weighted by atomic mass is 9.99. The predicted molar refractivity (Wildman–Crippen MR) is 93.8 cm³/mol. The fourth-order valence-electron chi connectivity index (χ4n) is 2.09. The molecule has 22 heavy (non-hydrogen) atoms. The van der Waals surface area contributed by atoms with Crippen molar-refractivity contribution >= 4 is 40.3 Å². The Hall–Kier alpha value is -1.31. The molecule has 2 amide bonds. The van der Waals surface area contributed by atoms with Gasteiger partial charge in [0.2, 0.25) is 5.91 Å². The van der Waals surface area contributed by atoms with Gasteiger partial charge in [-0.15, -0.1) is 0 Å². The summed E-state index contributed by atoms with van der Waals surface area (Å²) in [6, 6.07) is 5.81. The first-order valence-electron chi connectivity index (χ1n) is 7.20. The minimum atomic E-state index is -0.511. The minimum Gasteiger partial charge on any atom is -0.444 e. The lowest BCUT2D eigenvalue weighted by Crippen LogP contribution is -2.55. The Labute approximate surface area is 144 Å². The van der Waals surface area contributed by atoms with Gasteiger partial charge in [-0.3, -0.25) is 4.79 Å². The Balaban J connectivity index is 1.84. The third kappa shape index (κ3) is 4.34. The number of carbonyl (C=O) groups excluding carboxylic acids is 2. The molecule has 1 aliphatic rings. The van der Waals surface area contributed by atoms with Gasteiger partial charge in [0.1, 0.15) is 5.60 Å². The van der Waals surface area contributed by atoms with Crippen LogP contribution in [0.3, 0.4) is 0 Å². The van der Waals surface area contributed by atoms with E-state index in [0.717, 1.165) is 14.8 Å². The second kappa shape index (κ2) is 6.44. The number of nitrogens with one attached hydrogen (secondary N) is 1. The summed E-state index contributed by atoms with van der Waals surface area (Å²) in [6.45, 7) is 8.30. The summed E-state index contributed by atoms with van der Waals surface area (Å²) in [6.07, 6.45) is -0.360. The summed E-state index contributed by atoms with van der Waals surface area (Å²) in [4.78, 5) is 25.5. The van der Waals surface area contributed by atoms with Crippen LogP contribution in [0.5, 0.6) is 0 Å². The molecule has 120 valence electrons. The van der Waals surface area contributed by atoms with Gasteiger partial charge in [-0.25, -0.2) is 4.79 Å². The van der Waals surface area contributed by atoms with Crippen LogP contribution in [0.25, 0.3) is 0 Å². The smallest absolute Gasteiger partial charge is 0.410 e. The normalized spacial score (nSPS) is 15.2. The third-order valence-corrected chi connectivity index (χ3v) is 4.54. The molecule has 1 aromatic carbocycles. The van der Waals surface area contributed by atoms with Crippen LogP contribution in [-0.2, 0) is 9.53 Å². The van der Waals surface area contributed by atoms with Gasteiger partial charge in [0, 0.05) is 22.3 Å². The lowest BCUT2D eigenvalue weighted by molar-refractivity contribution is -0.124. The van der Waals surface area contributed by atoms with E-state index in [1.807, 2.05) is 45.9 Å². The van der Waals surface area contributed by atoms with Crippen molar-refractivity contribution in [3.05, 3.63) is 27.3 Å². The molecule has 1 fully saturated rings. The Kier molecular flexibility index (Phi) is 4.99. The largest absolute Gasteiger partial charge is 0.444 e. The second-order valence-corrected chi connectivity index (χ2v) is 7.70. The average Bonchev–Trinajstić information content (AvgIpc) is 2.29. The van der Waals surface area contributed by atoms with Gasteiger partial charge < -0.3 is 15.0 Å². The van der Waals surface area contributed by atoms with E-state index in [0.29, 0.717) is 13.1 Å². The maximum Gasteiger partial charge on any atom is 0.410 e. The molecule has 1 aromatic rings. The van der Waals surface area contributed by atoms with Gasteiger partial charge in [-0.1, -0.05) is 0 Å². The van der Waals surface area contributed by atoms with E-state index in [2.05, 4.69) is 27.9 Å². The van der Waals surface area contributed by atoms with Crippen LogP contribution >= 0.6 is 22.6 Å². The van der Waals surface area contributed by atoms with Crippen LogP contribution in [0.4, 0.5) is 10.5 Å². The molecule has 1 heterocycles. The number of hydrogen-bond acceptors (Lipinski definition) is 3. The summed E-state index contributed by atoms with van der Waals surface area (Å²) in [5, 5.41) is 2.90. The van der Waals surface area contributed by atoms with Gasteiger partial charge in [0.25, 0.3) is 0 Å². The molecular weight excluding hydrogens is 395 g/mol. The zero-order chi connectivity index (χ0) is 16.5. The predicted octanol–water partition coefficient (Wildman–Crippen LogP) is 3.41. The fourth-order valence-corrected chi connectivity index (χ4v) is 2.42. The SMILES string of the molecule is Cc1cc(NC(=O)C2CN(C(=O)OC(C)(C)C)C2)ccc1I. The molecule has 1 aliphatic heterocycles. The summed E-state index contributed by atoms with van der Waals surface area (Å²) in [7, 11) is 0. The summed E-state index contributed by atoms with van der Waals surface area (Å²) >= 11 is 2.26. The lowest BCUT2D eigenvalue weighted by Gasteiger charge is -2.38. The highest BCUT2D eigenvalue weighted by Crippen LogP contribution is 2.22. The second-order valence-electron chi connectivity index (χ2n) is 6.54. The number of carbonyl (C=O) groups is 2. The first-order valence-corrected chi connectivity index (χ1v) is 8.28. The molecule has 0 radical (unpaired) electrons. The van der Waals surface area contributed by atoms with Crippen molar-refractivity contribution in [3.8, 4) is 0 Å². The first-order chi connectivity index (χ1) is 10.2. The Morgan fingerprint density at radius 1 is 1.32 bits per heavy atom. The van der Waals surface area contributed by atoms with E-state index in [1.54, 1.807) is 4.90 Å². The molecule has 0 aromatic heterocycles. The standard InChI is InChI=1S/C16H21IN2O3/c1-10-7-12(5-6-13(10)17)18-14(20)11-8-19(9-11)15(21)22-16(2,3)4/h5-7,11H,8-9H2,1-4H3,(H,18,20). The van der Waals surface area contributed by atoms with Crippen LogP contribution in [0.2, 0.25) is 0 Å². The summed E-state index contributed by atoms with van der Waals surface area (Å²) in [5.41, 5.74) is 1.41. The average molecular weight is 416 g/mol. The maximum atomic E-state index is 12.2. The highest BCUT2D eigenvalue weighted by molar-refractivity contribution is 14.1. The van der Waals surface area contributed by atoms with Crippen LogP contribution in [0.15, 0.2) is 18.2 Å². The number of nitrogens with zero attached hydrogens (tertiary/aromatic N) is 1. The number of likely N-dealkylation sites (tertiary alicyclic amines) is 1. The molecule has 0 unspecified atom stereocenters. The Bertz CT molecular complexity index is 590. The number of ether oxygens (including phenoxy) is 1. The van der Waals surface area contributed by atoms with Crippen molar-refractivity contribution in [2.45, 2.75) is 33.3 Å². The van der Waals surface area contributed by atoms with Crippen molar-refractivity contribution in [1.82, 2.24) is 4.90 Å². The highest BCUT2D eigenvalue weighted by Gasteiger charge is 2.37. The van der Waals surface area contributed by atoms with Crippen molar-refractivity contribution in [1.29, 1.82) is 0 Å². The quantitative estimate of drug-likeness (QED) is 0.752. The highest BCUT2D eigenvalue weighted by atomic mass is 127. The topological polar surface area (TPSA) is 58.6 Å². The van der Waals surface area contributed by atoms with Gasteiger partial charge in [-0.2, -0.15) is 0 Å². The number of hydrogen-bond donors (Lipinski definition) is 1. The zero-order valence-corrected chi connectivity index (χ0v) is 15.4. The molecule has 6 heteroatoms. The first kappa shape index (κ1) is 17.1. The van der Waals surface area contributed by atoms with E-state index in [-0.39, 0.29) is 17.9 Å². The number of rotatable bonds is 2. The van der Waals surface area contributed by atoms with E-state index in [4.69, 9.17) is 4.74 Å². The third-order valence-electron chi connectivity index (χ3n) is 3.33. The monoisotopic (exact) mass is 416 g/mol. The molecule has 1 N–H and O–H groups in total. The van der Waals surface area contributed by atoms with Gasteiger partial charge in [0.15, 0.2) is 0 Å². The van der Waals surface area contributed by atoms with E-state index in [9.17, 15) is 9.59 Å². The van der Waals surface area contributed by atoms with Crippen molar-refractivity contribution in [2.75, 3.05) is 18.4 Å². The summed E-state index contributed by atoms with van der Waals surface area (Å²) in [5.74, 6) is -0.229. The van der Waals surface area contributed by atoms with Crippen molar-refractivity contribution < 1.29 is 14.3 Å². The maximum absolute atomic E-state index is 12.2. The number of aryl methyl sites for hydroxylation is 1. The van der Waals surface area contributed by atoms with E-state index in [1.165, 1.54) is 0 Å². The Morgan fingerprint density at radius 3 is 2.50 bits per heavy atom. The fraction of sp³-hybridized carbons (Fsp3) is 0.500. The number of halogens is 1. The van der Waals surface area contributed by atoms with Crippen LogP contribution in [0.1, 0.15) is 26.3 Å². The zero-order valence-electron chi connectivity index (χ0n) is 13.3. The number of benzene rings is 1. The molecule has 0 aliphatic carbocycles. The van der Waals surface area contributed by atoms with E-state index < -0.39 is 5.60 Å². The summed E-state index contributed by atoms with van der Waals surface area (Å²) < 4.78 is 6.43. The van der Waals surface area contributed by atoms with E-state index >= 15 is 0 Å². The molecule has 5 nitrogen and oxygen atoms in total. The van der Waals surface area contributed by atoms with Crippen molar-refractivity contribution in [2.24, 2.45) is 5.92 Å². The van der Waals surface area contributed by atoms with Crippen LogP contribution < -0.4 is 5.32 Å². The van der Waals surface area contributed by atoms with Crippen molar-refractivity contribution in [3.63, 3.8) is 0 Å². The molecular formula is C16H21IN2O3. The molecule has 1 saturated heterocycles. The van der Waals surface area contributed by atoms with Crippen LogP contribution in [0, 0.1) is 16.4 Å². The Morgan fingerprint density at radius 2 is 1.95 bits per heavy atom. The molecule has 0 spiro atoms. The number of amides is 2.